The van der Waals surface area contributed by atoms with Crippen molar-refractivity contribution in [2.45, 2.75) is 12.7 Å². The first-order valence-electron chi connectivity index (χ1n) is 4.06. The molecule has 1 N–H and O–H groups in total. The summed E-state index contributed by atoms with van der Waals surface area (Å²) < 4.78 is 5.00. The van der Waals surface area contributed by atoms with Crippen LogP contribution in [-0.2, 0) is 4.74 Å². The zero-order valence-electron chi connectivity index (χ0n) is 7.18. The van der Waals surface area contributed by atoms with E-state index < -0.39 is 6.29 Å². The van der Waals surface area contributed by atoms with Crippen LogP contribution in [0.1, 0.15) is 18.3 Å². The van der Waals surface area contributed by atoms with E-state index in [0.29, 0.717) is 12.0 Å². The van der Waals surface area contributed by atoms with Crippen LogP contribution >= 0.6 is 0 Å². The average molecular weight is 177 g/mol. The van der Waals surface area contributed by atoms with Crippen LogP contribution in [0, 0.1) is 11.3 Å². The molecule has 0 aliphatic carbocycles. The second-order valence-electron chi connectivity index (χ2n) is 2.54. The van der Waals surface area contributed by atoms with Gasteiger partial charge in [0.25, 0.3) is 0 Å². The monoisotopic (exact) mass is 177 g/mol. The number of benzene rings is 1. The molecule has 0 saturated carbocycles. The van der Waals surface area contributed by atoms with Crippen LogP contribution in [0.25, 0.3) is 0 Å². The van der Waals surface area contributed by atoms with Crippen LogP contribution in [-0.4, -0.2) is 11.7 Å². The zero-order valence-corrected chi connectivity index (χ0v) is 7.18. The predicted octanol–water partition coefficient (Wildman–Crippen LogP) is 1.61. The Morgan fingerprint density at radius 2 is 2.08 bits per heavy atom. The van der Waals surface area contributed by atoms with E-state index in [-0.39, 0.29) is 6.61 Å². The minimum atomic E-state index is -0.922. The summed E-state index contributed by atoms with van der Waals surface area (Å²) in [5.74, 6) is 0. The van der Waals surface area contributed by atoms with E-state index in [2.05, 4.69) is 0 Å². The Morgan fingerprint density at radius 1 is 1.38 bits per heavy atom. The summed E-state index contributed by atoms with van der Waals surface area (Å²) >= 11 is 0. The van der Waals surface area contributed by atoms with E-state index in [9.17, 15) is 5.11 Å². The number of nitriles is 1. The molecule has 0 spiro atoms. The molecule has 0 aromatic heterocycles. The Balaban J connectivity index is 2.41. The number of hydrogen-bond acceptors (Lipinski definition) is 3. The maximum absolute atomic E-state index is 9.42. The third-order valence-corrected chi connectivity index (χ3v) is 1.57. The lowest BCUT2D eigenvalue weighted by molar-refractivity contribution is -0.101. The van der Waals surface area contributed by atoms with E-state index in [1.54, 1.807) is 12.1 Å². The van der Waals surface area contributed by atoms with Gasteiger partial charge in [0, 0.05) is 5.56 Å². The maximum Gasteiger partial charge on any atom is 0.181 e. The molecule has 0 heterocycles. The second-order valence-corrected chi connectivity index (χ2v) is 2.54. The molecule has 1 aromatic rings. The molecule has 0 radical (unpaired) electrons. The van der Waals surface area contributed by atoms with Gasteiger partial charge >= 0.3 is 0 Å². The highest BCUT2D eigenvalue weighted by Gasteiger charge is 2.05. The molecule has 1 rings (SSSR count). The van der Waals surface area contributed by atoms with Gasteiger partial charge in [-0.05, 0) is 0 Å². The van der Waals surface area contributed by atoms with Crippen molar-refractivity contribution in [3.05, 3.63) is 35.9 Å². The van der Waals surface area contributed by atoms with Gasteiger partial charge in [-0.15, -0.1) is 0 Å². The van der Waals surface area contributed by atoms with Crippen molar-refractivity contribution in [2.75, 3.05) is 6.61 Å². The Hall–Kier alpha value is -1.37. The normalized spacial score (nSPS) is 12.0. The van der Waals surface area contributed by atoms with Gasteiger partial charge < -0.3 is 9.84 Å². The minimum absolute atomic E-state index is 0.257. The molecule has 13 heavy (non-hydrogen) atoms. The Kier molecular flexibility index (Phi) is 3.97. The number of nitrogens with zero attached hydrogens (tertiary/aromatic N) is 1. The Bertz CT molecular complexity index is 279. The molecule has 0 amide bonds. The van der Waals surface area contributed by atoms with Crippen LogP contribution in [0.5, 0.6) is 0 Å². The summed E-state index contributed by atoms with van der Waals surface area (Å²) in [6, 6.07) is 11.0. The first-order valence-corrected chi connectivity index (χ1v) is 4.06. The van der Waals surface area contributed by atoms with E-state index in [1.165, 1.54) is 0 Å². The first kappa shape index (κ1) is 9.72. The summed E-state index contributed by atoms with van der Waals surface area (Å²) in [7, 11) is 0. The average Bonchev–Trinajstić information content (AvgIpc) is 2.19. The van der Waals surface area contributed by atoms with Crippen LogP contribution in [0.3, 0.4) is 0 Å². The van der Waals surface area contributed by atoms with Crippen LogP contribution in [0.2, 0.25) is 0 Å². The van der Waals surface area contributed by atoms with Crippen molar-refractivity contribution in [1.82, 2.24) is 0 Å². The lowest BCUT2D eigenvalue weighted by Gasteiger charge is -2.10. The van der Waals surface area contributed by atoms with Gasteiger partial charge in [0.1, 0.15) is 0 Å². The Labute approximate surface area is 77.2 Å². The quantitative estimate of drug-likeness (QED) is 0.561. The van der Waals surface area contributed by atoms with Crippen LogP contribution < -0.4 is 0 Å². The highest BCUT2D eigenvalue weighted by molar-refractivity contribution is 5.15. The SMILES string of the molecule is N#CCCOC(O)c1ccccc1. The summed E-state index contributed by atoms with van der Waals surface area (Å²) in [5.41, 5.74) is 0.709. The van der Waals surface area contributed by atoms with E-state index >= 15 is 0 Å². The molecule has 1 atom stereocenters. The molecular weight excluding hydrogens is 166 g/mol. The highest BCUT2D eigenvalue weighted by Crippen LogP contribution is 2.12. The van der Waals surface area contributed by atoms with Crippen LogP contribution in [0.15, 0.2) is 30.3 Å². The van der Waals surface area contributed by atoms with Crippen molar-refractivity contribution in [1.29, 1.82) is 5.26 Å². The fourth-order valence-electron chi connectivity index (χ4n) is 0.930. The fraction of sp³-hybridized carbons (Fsp3) is 0.300. The van der Waals surface area contributed by atoms with Gasteiger partial charge in [0.05, 0.1) is 19.1 Å². The number of hydrogen-bond donors (Lipinski definition) is 1. The van der Waals surface area contributed by atoms with E-state index in [0.717, 1.165) is 0 Å². The number of aliphatic hydroxyl groups is 1. The molecule has 1 aromatic carbocycles. The van der Waals surface area contributed by atoms with Crippen molar-refractivity contribution in [2.24, 2.45) is 0 Å². The highest BCUT2D eigenvalue weighted by atomic mass is 16.6. The third kappa shape index (κ3) is 3.24. The topological polar surface area (TPSA) is 53.2 Å². The first-order chi connectivity index (χ1) is 6.34. The molecule has 3 nitrogen and oxygen atoms in total. The second kappa shape index (κ2) is 5.31. The molecule has 0 saturated heterocycles. The number of ether oxygens (including phenoxy) is 1. The lowest BCUT2D eigenvalue weighted by Crippen LogP contribution is -2.03. The standard InChI is InChI=1S/C10H11NO2/c11-7-4-8-13-10(12)9-5-2-1-3-6-9/h1-3,5-6,10,12H,4,8H2. The lowest BCUT2D eigenvalue weighted by atomic mass is 10.2. The smallest absolute Gasteiger partial charge is 0.181 e. The van der Waals surface area contributed by atoms with Gasteiger partial charge in [-0.1, -0.05) is 30.3 Å². The van der Waals surface area contributed by atoms with Gasteiger partial charge in [-0.3, -0.25) is 0 Å². The summed E-state index contributed by atoms with van der Waals surface area (Å²) in [6.07, 6.45) is -0.626. The molecule has 1 unspecified atom stereocenters. The van der Waals surface area contributed by atoms with E-state index in [4.69, 9.17) is 10.00 Å². The number of rotatable bonds is 4. The molecular formula is C10H11NO2. The minimum Gasteiger partial charge on any atom is -0.364 e. The van der Waals surface area contributed by atoms with E-state index in [1.807, 2.05) is 24.3 Å². The fourth-order valence-corrected chi connectivity index (χ4v) is 0.930. The van der Waals surface area contributed by atoms with Gasteiger partial charge in [0.2, 0.25) is 0 Å². The van der Waals surface area contributed by atoms with Crippen molar-refractivity contribution in [3.8, 4) is 6.07 Å². The molecule has 0 bridgehead atoms. The van der Waals surface area contributed by atoms with Crippen LogP contribution in [0.4, 0.5) is 0 Å². The molecule has 68 valence electrons. The molecule has 0 fully saturated rings. The van der Waals surface area contributed by atoms with Crippen molar-refractivity contribution in [3.63, 3.8) is 0 Å². The maximum atomic E-state index is 9.42. The molecule has 0 aliphatic heterocycles. The van der Waals surface area contributed by atoms with Crippen molar-refractivity contribution < 1.29 is 9.84 Å². The zero-order chi connectivity index (χ0) is 9.52. The Morgan fingerprint density at radius 3 is 2.69 bits per heavy atom. The predicted molar refractivity (Wildman–Crippen MR) is 47.6 cm³/mol. The van der Waals surface area contributed by atoms with Gasteiger partial charge in [-0.25, -0.2) is 0 Å². The summed E-state index contributed by atoms with van der Waals surface area (Å²) in [4.78, 5) is 0. The van der Waals surface area contributed by atoms with Gasteiger partial charge in [-0.2, -0.15) is 5.26 Å². The number of aliphatic hydroxyl groups excluding tert-OH is 1. The molecule has 0 aliphatic rings. The summed E-state index contributed by atoms with van der Waals surface area (Å²) in [5, 5.41) is 17.7. The third-order valence-electron chi connectivity index (χ3n) is 1.57. The summed E-state index contributed by atoms with van der Waals surface area (Å²) in [6.45, 7) is 0.257. The van der Waals surface area contributed by atoms with Crippen molar-refractivity contribution >= 4 is 0 Å². The molecule has 3 heteroatoms. The van der Waals surface area contributed by atoms with Gasteiger partial charge in [0.15, 0.2) is 6.29 Å². The largest absolute Gasteiger partial charge is 0.364 e.